The van der Waals surface area contributed by atoms with Gasteiger partial charge in [0.1, 0.15) is 5.82 Å². The van der Waals surface area contributed by atoms with Gasteiger partial charge in [-0.25, -0.2) is 4.39 Å². The van der Waals surface area contributed by atoms with Crippen LogP contribution in [0.4, 0.5) is 4.39 Å². The normalized spacial score (nSPS) is 14.8. The van der Waals surface area contributed by atoms with Crippen molar-refractivity contribution in [2.75, 3.05) is 13.1 Å². The maximum atomic E-state index is 13.3. The topological polar surface area (TPSA) is 38.1 Å². The van der Waals surface area contributed by atoms with Gasteiger partial charge in [-0.15, -0.1) is 0 Å². The number of benzene rings is 1. The van der Waals surface area contributed by atoms with Crippen molar-refractivity contribution in [3.63, 3.8) is 0 Å². The molecule has 0 aliphatic carbocycles. The summed E-state index contributed by atoms with van der Waals surface area (Å²) < 4.78 is 15.3. The predicted molar refractivity (Wildman–Crippen MR) is 90.2 cm³/mol. The third-order valence-electron chi connectivity index (χ3n) is 4.66. The number of amides is 1. The Balaban J connectivity index is 1.44. The Hall–Kier alpha value is -2.69. The highest BCUT2D eigenvalue weighted by Crippen LogP contribution is 2.25. The standard InChI is InChI=1S/C19H18FN3O/c1-22-8-6-14-5-7-21-17(18(14)22)9-13-11-23(12-13)19(24)15-3-2-4-16(20)10-15/h2-8,10,13H,9,11-12H2,1H3. The lowest BCUT2D eigenvalue weighted by Crippen LogP contribution is -2.50. The van der Waals surface area contributed by atoms with Crippen molar-refractivity contribution in [1.29, 1.82) is 0 Å². The highest BCUT2D eigenvalue weighted by Gasteiger charge is 2.32. The lowest BCUT2D eigenvalue weighted by atomic mass is 9.93. The van der Waals surface area contributed by atoms with Crippen LogP contribution in [0.2, 0.25) is 0 Å². The molecular formula is C19H18FN3O. The summed E-state index contributed by atoms with van der Waals surface area (Å²) in [6, 6.07) is 9.97. The zero-order chi connectivity index (χ0) is 16.7. The average Bonchev–Trinajstić information content (AvgIpc) is 2.92. The molecule has 0 atom stereocenters. The summed E-state index contributed by atoms with van der Waals surface area (Å²) in [7, 11) is 2.02. The molecule has 0 spiro atoms. The molecule has 5 heteroatoms. The Kier molecular flexibility index (Phi) is 3.56. The predicted octanol–water partition coefficient (Wildman–Crippen LogP) is 3.03. The maximum absolute atomic E-state index is 13.3. The molecule has 3 aromatic rings. The van der Waals surface area contributed by atoms with Crippen LogP contribution in [0, 0.1) is 11.7 Å². The van der Waals surface area contributed by atoms with Crippen molar-refractivity contribution in [3.8, 4) is 0 Å². The van der Waals surface area contributed by atoms with E-state index in [1.807, 2.05) is 25.5 Å². The third kappa shape index (κ3) is 2.56. The zero-order valence-electron chi connectivity index (χ0n) is 13.4. The van der Waals surface area contributed by atoms with E-state index in [-0.39, 0.29) is 11.7 Å². The number of carbonyl (C=O) groups excluding carboxylic acids is 1. The van der Waals surface area contributed by atoms with Crippen LogP contribution in [-0.4, -0.2) is 33.4 Å². The van der Waals surface area contributed by atoms with Gasteiger partial charge in [0.25, 0.3) is 5.91 Å². The molecule has 0 N–H and O–H groups in total. The van der Waals surface area contributed by atoms with E-state index in [1.165, 1.54) is 17.5 Å². The van der Waals surface area contributed by atoms with Crippen LogP contribution in [0.3, 0.4) is 0 Å². The summed E-state index contributed by atoms with van der Waals surface area (Å²) >= 11 is 0. The number of fused-ring (bicyclic) bond motifs is 1. The lowest BCUT2D eigenvalue weighted by Gasteiger charge is -2.39. The molecule has 2 aromatic heterocycles. The highest BCUT2D eigenvalue weighted by molar-refractivity contribution is 5.94. The molecule has 24 heavy (non-hydrogen) atoms. The summed E-state index contributed by atoms with van der Waals surface area (Å²) in [6.07, 6.45) is 4.73. The molecule has 1 aliphatic rings. The highest BCUT2D eigenvalue weighted by atomic mass is 19.1. The van der Waals surface area contributed by atoms with E-state index in [2.05, 4.69) is 15.6 Å². The Morgan fingerprint density at radius 1 is 1.29 bits per heavy atom. The number of rotatable bonds is 3. The van der Waals surface area contributed by atoms with Crippen LogP contribution in [0.5, 0.6) is 0 Å². The zero-order valence-corrected chi connectivity index (χ0v) is 13.4. The molecule has 1 saturated heterocycles. The van der Waals surface area contributed by atoms with Gasteiger partial charge in [0.05, 0.1) is 11.2 Å². The number of aromatic nitrogens is 2. The van der Waals surface area contributed by atoms with Crippen molar-refractivity contribution in [2.45, 2.75) is 6.42 Å². The van der Waals surface area contributed by atoms with E-state index in [9.17, 15) is 9.18 Å². The van der Waals surface area contributed by atoms with Crippen molar-refractivity contribution < 1.29 is 9.18 Å². The minimum atomic E-state index is -0.377. The maximum Gasteiger partial charge on any atom is 0.253 e. The van der Waals surface area contributed by atoms with Gasteiger partial charge >= 0.3 is 0 Å². The fourth-order valence-electron chi connectivity index (χ4n) is 3.41. The molecule has 3 heterocycles. The second kappa shape index (κ2) is 5.74. The van der Waals surface area contributed by atoms with E-state index in [0.29, 0.717) is 24.6 Å². The molecule has 1 aliphatic heterocycles. The van der Waals surface area contributed by atoms with Gasteiger partial charge in [0.15, 0.2) is 0 Å². The summed E-state index contributed by atoms with van der Waals surface area (Å²) in [5, 5.41) is 1.19. The minimum Gasteiger partial charge on any atom is -0.349 e. The average molecular weight is 323 g/mol. The smallest absolute Gasteiger partial charge is 0.253 e. The number of hydrogen-bond acceptors (Lipinski definition) is 2. The van der Waals surface area contributed by atoms with Crippen molar-refractivity contribution in [1.82, 2.24) is 14.5 Å². The summed E-state index contributed by atoms with van der Waals surface area (Å²) in [4.78, 5) is 18.6. The molecule has 0 saturated carbocycles. The molecule has 0 radical (unpaired) electrons. The summed E-state index contributed by atoms with van der Waals surface area (Å²) in [5.41, 5.74) is 2.64. The number of nitrogens with zero attached hydrogens (tertiary/aromatic N) is 3. The first-order chi connectivity index (χ1) is 11.6. The van der Waals surface area contributed by atoms with Crippen LogP contribution in [-0.2, 0) is 13.5 Å². The van der Waals surface area contributed by atoms with Crippen LogP contribution in [0.25, 0.3) is 10.9 Å². The van der Waals surface area contributed by atoms with Crippen molar-refractivity contribution >= 4 is 16.8 Å². The first-order valence-corrected chi connectivity index (χ1v) is 8.05. The van der Waals surface area contributed by atoms with Gasteiger partial charge in [-0.05, 0) is 42.7 Å². The van der Waals surface area contributed by atoms with Gasteiger partial charge in [-0.2, -0.15) is 0 Å². The van der Waals surface area contributed by atoms with E-state index in [4.69, 9.17) is 0 Å². The van der Waals surface area contributed by atoms with Gasteiger partial charge in [0, 0.05) is 43.5 Å². The van der Waals surface area contributed by atoms with Gasteiger partial charge in [0.2, 0.25) is 0 Å². The molecule has 4 rings (SSSR count). The van der Waals surface area contributed by atoms with E-state index in [1.54, 1.807) is 17.0 Å². The van der Waals surface area contributed by atoms with Gasteiger partial charge in [-0.3, -0.25) is 9.78 Å². The SMILES string of the molecule is Cn1ccc2ccnc(CC3CN(C(=O)c4cccc(F)c4)C3)c21. The molecular weight excluding hydrogens is 305 g/mol. The van der Waals surface area contributed by atoms with Crippen molar-refractivity contribution in [3.05, 3.63) is 65.9 Å². The van der Waals surface area contributed by atoms with E-state index >= 15 is 0 Å². The minimum absolute atomic E-state index is 0.101. The fourth-order valence-corrected chi connectivity index (χ4v) is 3.41. The van der Waals surface area contributed by atoms with Crippen LogP contribution in [0.1, 0.15) is 16.1 Å². The number of halogens is 1. The van der Waals surface area contributed by atoms with E-state index in [0.717, 1.165) is 17.6 Å². The first kappa shape index (κ1) is 14.9. The van der Waals surface area contributed by atoms with Crippen molar-refractivity contribution in [2.24, 2.45) is 13.0 Å². The van der Waals surface area contributed by atoms with E-state index < -0.39 is 0 Å². The second-order valence-electron chi connectivity index (χ2n) is 6.41. The second-order valence-corrected chi connectivity index (χ2v) is 6.41. The molecule has 122 valence electrons. The quantitative estimate of drug-likeness (QED) is 0.743. The van der Waals surface area contributed by atoms with Gasteiger partial charge < -0.3 is 9.47 Å². The Bertz CT molecular complexity index is 912. The monoisotopic (exact) mass is 323 g/mol. The number of aryl methyl sites for hydroxylation is 1. The van der Waals surface area contributed by atoms with Crippen LogP contribution >= 0.6 is 0 Å². The molecule has 0 unspecified atom stereocenters. The molecule has 1 amide bonds. The first-order valence-electron chi connectivity index (χ1n) is 8.05. The summed E-state index contributed by atoms with van der Waals surface area (Å²) in [5.74, 6) is -0.0798. The van der Waals surface area contributed by atoms with Crippen LogP contribution in [0.15, 0.2) is 48.8 Å². The number of likely N-dealkylation sites (tertiary alicyclic amines) is 1. The summed E-state index contributed by atoms with van der Waals surface area (Å²) in [6.45, 7) is 1.38. The number of hydrogen-bond donors (Lipinski definition) is 0. The van der Waals surface area contributed by atoms with Crippen LogP contribution < -0.4 is 0 Å². The Labute approximate surface area is 139 Å². The molecule has 1 fully saturated rings. The number of carbonyl (C=O) groups is 1. The molecule has 4 nitrogen and oxygen atoms in total. The molecule has 0 bridgehead atoms. The lowest BCUT2D eigenvalue weighted by molar-refractivity contribution is 0.0499. The Morgan fingerprint density at radius 2 is 2.12 bits per heavy atom. The fraction of sp³-hybridized carbons (Fsp3) is 0.263. The molecule has 1 aromatic carbocycles. The third-order valence-corrected chi connectivity index (χ3v) is 4.66. The number of pyridine rings is 1. The largest absolute Gasteiger partial charge is 0.349 e. The van der Waals surface area contributed by atoms with Gasteiger partial charge in [-0.1, -0.05) is 6.07 Å². The Morgan fingerprint density at radius 3 is 2.92 bits per heavy atom.